The van der Waals surface area contributed by atoms with Crippen molar-refractivity contribution < 1.29 is 4.79 Å². The Morgan fingerprint density at radius 3 is 2.70 bits per heavy atom. The first-order valence-corrected chi connectivity index (χ1v) is 8.30. The van der Waals surface area contributed by atoms with E-state index in [2.05, 4.69) is 31.1 Å². The molecule has 0 aromatic rings. The van der Waals surface area contributed by atoms with E-state index >= 15 is 0 Å². The van der Waals surface area contributed by atoms with E-state index in [1.165, 1.54) is 19.3 Å². The summed E-state index contributed by atoms with van der Waals surface area (Å²) < 4.78 is 0. The lowest BCUT2D eigenvalue weighted by Gasteiger charge is -2.34. The van der Waals surface area contributed by atoms with Gasteiger partial charge in [-0.15, -0.1) is 0 Å². The predicted molar refractivity (Wildman–Crippen MR) is 84.6 cm³/mol. The molecule has 0 radical (unpaired) electrons. The van der Waals surface area contributed by atoms with Crippen molar-refractivity contribution in [2.45, 2.75) is 64.3 Å². The van der Waals surface area contributed by atoms with Crippen LogP contribution in [0.3, 0.4) is 0 Å². The molecule has 0 spiro atoms. The molecule has 2 atom stereocenters. The number of carbonyl (C=O) groups excluding carboxylic acids is 1. The molecule has 1 fully saturated rings. The first-order valence-electron chi connectivity index (χ1n) is 8.30. The summed E-state index contributed by atoms with van der Waals surface area (Å²) in [5, 5.41) is 3.39. The number of nitrogens with zero attached hydrogens (tertiary/aromatic N) is 1. The third-order valence-corrected chi connectivity index (χ3v) is 4.76. The fourth-order valence-electron chi connectivity index (χ4n) is 3.55. The maximum Gasteiger partial charge on any atom is 0.238 e. The number of likely N-dealkylation sites (N-methyl/N-ethyl adjacent to an activating group) is 1. The number of hydrogen-bond acceptors (Lipinski definition) is 3. The summed E-state index contributed by atoms with van der Waals surface area (Å²) in [6.45, 7) is 7.32. The van der Waals surface area contributed by atoms with Crippen LogP contribution in [0.1, 0.15) is 58.8 Å². The van der Waals surface area contributed by atoms with Gasteiger partial charge in [-0.05, 0) is 58.3 Å². The van der Waals surface area contributed by atoms with Crippen molar-refractivity contribution in [3.05, 3.63) is 0 Å². The Morgan fingerprint density at radius 1 is 1.35 bits per heavy atom. The van der Waals surface area contributed by atoms with Crippen LogP contribution in [0.2, 0.25) is 0 Å². The Hall–Kier alpha value is -0.610. The molecule has 4 heteroatoms. The average molecular weight is 283 g/mol. The van der Waals surface area contributed by atoms with E-state index in [1.807, 2.05) is 0 Å². The monoisotopic (exact) mass is 283 g/mol. The van der Waals surface area contributed by atoms with Crippen LogP contribution in [0.25, 0.3) is 0 Å². The number of hydrogen-bond donors (Lipinski definition) is 2. The summed E-state index contributed by atoms with van der Waals surface area (Å²) in [5.41, 5.74) is 5.25. The van der Waals surface area contributed by atoms with Crippen molar-refractivity contribution >= 4 is 5.91 Å². The van der Waals surface area contributed by atoms with Crippen LogP contribution in [0, 0.1) is 5.92 Å². The normalized spacial score (nSPS) is 26.3. The Kier molecular flexibility index (Phi) is 7.52. The van der Waals surface area contributed by atoms with Crippen LogP contribution < -0.4 is 11.1 Å². The summed E-state index contributed by atoms with van der Waals surface area (Å²) >= 11 is 0. The van der Waals surface area contributed by atoms with E-state index in [4.69, 9.17) is 5.73 Å². The fourth-order valence-corrected chi connectivity index (χ4v) is 3.55. The van der Waals surface area contributed by atoms with Gasteiger partial charge in [0.15, 0.2) is 0 Å². The molecule has 0 saturated heterocycles. The summed E-state index contributed by atoms with van der Waals surface area (Å²) in [4.78, 5) is 14.3. The highest BCUT2D eigenvalue weighted by Crippen LogP contribution is 2.37. The highest BCUT2D eigenvalue weighted by atomic mass is 16.1. The fraction of sp³-hybridized carbons (Fsp3) is 0.938. The molecular formula is C16H33N3O. The zero-order valence-corrected chi connectivity index (χ0v) is 13.6. The SMILES string of the molecule is CCCCCN(C)CCC1CCCC1(NCC)C(N)=O. The van der Waals surface area contributed by atoms with Crippen molar-refractivity contribution in [2.24, 2.45) is 11.7 Å². The number of nitrogens with two attached hydrogens (primary N) is 1. The number of rotatable bonds is 10. The number of carbonyl (C=O) groups is 1. The quantitative estimate of drug-likeness (QED) is 0.604. The minimum absolute atomic E-state index is 0.157. The molecule has 1 aliphatic carbocycles. The minimum atomic E-state index is -0.445. The van der Waals surface area contributed by atoms with Gasteiger partial charge in [0.1, 0.15) is 5.54 Å². The first kappa shape index (κ1) is 17.4. The zero-order chi connectivity index (χ0) is 15.0. The molecule has 1 amide bonds. The van der Waals surface area contributed by atoms with Crippen LogP contribution in [-0.2, 0) is 4.79 Å². The van der Waals surface area contributed by atoms with E-state index in [0.29, 0.717) is 5.92 Å². The molecule has 0 bridgehead atoms. The Bertz CT molecular complexity index is 295. The Morgan fingerprint density at radius 2 is 2.10 bits per heavy atom. The second kappa shape index (κ2) is 8.63. The third kappa shape index (κ3) is 4.45. The zero-order valence-electron chi connectivity index (χ0n) is 13.6. The van der Waals surface area contributed by atoms with Gasteiger partial charge in [-0.1, -0.05) is 33.1 Å². The van der Waals surface area contributed by atoms with Crippen molar-refractivity contribution in [2.75, 3.05) is 26.7 Å². The van der Waals surface area contributed by atoms with Gasteiger partial charge in [-0.3, -0.25) is 4.79 Å². The van der Waals surface area contributed by atoms with Crippen LogP contribution in [0.4, 0.5) is 0 Å². The molecule has 1 aliphatic rings. The minimum Gasteiger partial charge on any atom is -0.368 e. The third-order valence-electron chi connectivity index (χ3n) is 4.76. The van der Waals surface area contributed by atoms with E-state index < -0.39 is 5.54 Å². The lowest BCUT2D eigenvalue weighted by molar-refractivity contribution is -0.126. The molecule has 0 heterocycles. The molecule has 2 unspecified atom stereocenters. The van der Waals surface area contributed by atoms with Gasteiger partial charge in [0.05, 0.1) is 0 Å². The average Bonchev–Trinajstić information content (AvgIpc) is 2.81. The van der Waals surface area contributed by atoms with Crippen LogP contribution in [0.5, 0.6) is 0 Å². The standard InChI is InChI=1S/C16H33N3O/c1-4-6-7-12-19(3)13-10-14-9-8-11-16(14,15(17)20)18-5-2/h14,18H,4-13H2,1-3H3,(H2,17,20). The first-order chi connectivity index (χ1) is 9.56. The maximum absolute atomic E-state index is 11.9. The molecule has 118 valence electrons. The van der Waals surface area contributed by atoms with Crippen LogP contribution >= 0.6 is 0 Å². The summed E-state index contributed by atoms with van der Waals surface area (Å²) in [6, 6.07) is 0. The number of amides is 1. The molecular weight excluding hydrogens is 250 g/mol. The summed E-state index contributed by atoms with van der Waals surface area (Å²) in [5.74, 6) is 0.240. The van der Waals surface area contributed by atoms with Crippen molar-refractivity contribution in [3.63, 3.8) is 0 Å². The smallest absolute Gasteiger partial charge is 0.238 e. The molecule has 1 saturated carbocycles. The van der Waals surface area contributed by atoms with Gasteiger partial charge in [0.25, 0.3) is 0 Å². The van der Waals surface area contributed by atoms with Gasteiger partial charge >= 0.3 is 0 Å². The Balaban J connectivity index is 2.46. The highest BCUT2D eigenvalue weighted by molar-refractivity contribution is 5.85. The molecule has 0 aliphatic heterocycles. The van der Waals surface area contributed by atoms with Crippen LogP contribution in [-0.4, -0.2) is 43.0 Å². The Labute approximate surface area is 124 Å². The summed E-state index contributed by atoms with van der Waals surface area (Å²) in [7, 11) is 2.18. The van der Waals surface area contributed by atoms with Gasteiger partial charge < -0.3 is 16.0 Å². The van der Waals surface area contributed by atoms with Crippen molar-refractivity contribution in [1.29, 1.82) is 0 Å². The molecule has 0 aromatic carbocycles. The number of primary amides is 1. The topological polar surface area (TPSA) is 58.4 Å². The van der Waals surface area contributed by atoms with E-state index in [0.717, 1.165) is 45.3 Å². The number of unbranched alkanes of at least 4 members (excludes halogenated alkanes) is 2. The molecule has 20 heavy (non-hydrogen) atoms. The lowest BCUT2D eigenvalue weighted by Crippen LogP contribution is -2.58. The molecule has 1 rings (SSSR count). The van der Waals surface area contributed by atoms with Crippen molar-refractivity contribution in [3.8, 4) is 0 Å². The molecule has 4 nitrogen and oxygen atoms in total. The second-order valence-electron chi connectivity index (χ2n) is 6.25. The van der Waals surface area contributed by atoms with Gasteiger partial charge in [-0.25, -0.2) is 0 Å². The van der Waals surface area contributed by atoms with Gasteiger partial charge in [0, 0.05) is 0 Å². The maximum atomic E-state index is 11.9. The van der Waals surface area contributed by atoms with Crippen molar-refractivity contribution in [1.82, 2.24) is 10.2 Å². The highest BCUT2D eigenvalue weighted by Gasteiger charge is 2.46. The molecule has 3 N–H and O–H groups in total. The number of nitrogens with one attached hydrogen (secondary N) is 1. The van der Waals surface area contributed by atoms with E-state index in [-0.39, 0.29) is 5.91 Å². The van der Waals surface area contributed by atoms with Gasteiger partial charge in [-0.2, -0.15) is 0 Å². The molecule has 0 aromatic heterocycles. The van der Waals surface area contributed by atoms with E-state index in [1.54, 1.807) is 0 Å². The van der Waals surface area contributed by atoms with Gasteiger partial charge in [0.2, 0.25) is 5.91 Å². The predicted octanol–water partition coefficient (Wildman–Crippen LogP) is 2.13. The van der Waals surface area contributed by atoms with E-state index in [9.17, 15) is 4.79 Å². The summed E-state index contributed by atoms with van der Waals surface area (Å²) in [6.07, 6.45) is 8.04. The lowest BCUT2D eigenvalue weighted by atomic mass is 9.83. The second-order valence-corrected chi connectivity index (χ2v) is 6.25. The van der Waals surface area contributed by atoms with Crippen LogP contribution in [0.15, 0.2) is 0 Å². The largest absolute Gasteiger partial charge is 0.368 e.